The van der Waals surface area contributed by atoms with Gasteiger partial charge in [-0.05, 0) is 32.1 Å². The third kappa shape index (κ3) is 2.49. The van der Waals surface area contributed by atoms with E-state index in [1.165, 1.54) is 0 Å². The highest BCUT2D eigenvalue weighted by molar-refractivity contribution is 7.85. The average Bonchev–Trinajstić information content (AvgIpc) is 2.28. The molecule has 0 amide bonds. The zero-order valence-electron chi connectivity index (χ0n) is 10.4. The Labute approximate surface area is 101 Å². The molecule has 16 heavy (non-hydrogen) atoms. The van der Waals surface area contributed by atoms with Crippen molar-refractivity contribution in [1.82, 2.24) is 4.90 Å². The molecule has 3 atom stereocenters. The van der Waals surface area contributed by atoms with Crippen molar-refractivity contribution in [3.05, 3.63) is 0 Å². The Kier molecular flexibility index (Phi) is 4.03. The molecule has 0 aromatic rings. The molecule has 2 aliphatic rings. The minimum absolute atomic E-state index is 0.365. The Morgan fingerprint density at radius 1 is 1.19 bits per heavy atom. The van der Waals surface area contributed by atoms with Gasteiger partial charge in [0.1, 0.15) is 0 Å². The summed E-state index contributed by atoms with van der Waals surface area (Å²) in [6.45, 7) is 5.70. The summed E-state index contributed by atoms with van der Waals surface area (Å²) < 4.78 is 11.4. The van der Waals surface area contributed by atoms with Crippen LogP contribution in [0.2, 0.25) is 0 Å². The molecule has 2 heterocycles. The smallest absolute Gasteiger partial charge is 0.0249 e. The predicted octanol–water partition coefficient (Wildman–Crippen LogP) is 0.955. The summed E-state index contributed by atoms with van der Waals surface area (Å²) in [6, 6.07) is 1.60. The van der Waals surface area contributed by atoms with E-state index < -0.39 is 10.8 Å². The number of piperidine rings is 1. The zero-order valence-corrected chi connectivity index (χ0v) is 11.2. The Bertz CT molecular complexity index is 262. The van der Waals surface area contributed by atoms with E-state index in [1.54, 1.807) is 0 Å². The fraction of sp³-hybridized carbons (Fsp3) is 1.00. The SMILES string of the molecule is CC1C(N)CCN(C2CCS(=O)CC2)C1C. The second-order valence-electron chi connectivity index (χ2n) is 5.37. The van der Waals surface area contributed by atoms with Crippen molar-refractivity contribution < 1.29 is 4.21 Å². The zero-order chi connectivity index (χ0) is 11.7. The summed E-state index contributed by atoms with van der Waals surface area (Å²) in [5, 5.41) is 0. The Morgan fingerprint density at radius 2 is 1.81 bits per heavy atom. The molecule has 2 saturated heterocycles. The van der Waals surface area contributed by atoms with Crippen molar-refractivity contribution in [2.45, 2.75) is 51.2 Å². The predicted molar refractivity (Wildman–Crippen MR) is 68.8 cm³/mol. The normalized spacial score (nSPS) is 46.8. The van der Waals surface area contributed by atoms with Crippen molar-refractivity contribution in [2.24, 2.45) is 11.7 Å². The highest BCUT2D eigenvalue weighted by Crippen LogP contribution is 2.28. The first-order chi connectivity index (χ1) is 7.59. The first kappa shape index (κ1) is 12.5. The quantitative estimate of drug-likeness (QED) is 0.747. The minimum Gasteiger partial charge on any atom is -0.327 e. The molecule has 0 radical (unpaired) electrons. The monoisotopic (exact) mass is 244 g/mol. The Hall–Kier alpha value is 0.0700. The molecule has 3 nitrogen and oxygen atoms in total. The lowest BCUT2D eigenvalue weighted by Crippen LogP contribution is -2.56. The van der Waals surface area contributed by atoms with E-state index in [0.717, 1.165) is 37.3 Å². The van der Waals surface area contributed by atoms with Crippen molar-refractivity contribution in [3.63, 3.8) is 0 Å². The van der Waals surface area contributed by atoms with Crippen LogP contribution < -0.4 is 5.73 Å². The van der Waals surface area contributed by atoms with Crippen LogP contribution in [0.5, 0.6) is 0 Å². The second kappa shape index (κ2) is 5.15. The summed E-state index contributed by atoms with van der Waals surface area (Å²) in [7, 11) is -0.544. The van der Waals surface area contributed by atoms with Crippen LogP contribution in [-0.4, -0.2) is 45.3 Å². The molecule has 0 aliphatic carbocycles. The molecule has 0 saturated carbocycles. The molecule has 4 heteroatoms. The summed E-state index contributed by atoms with van der Waals surface area (Å²) in [6.07, 6.45) is 3.34. The van der Waals surface area contributed by atoms with E-state index >= 15 is 0 Å². The topological polar surface area (TPSA) is 46.3 Å². The lowest BCUT2D eigenvalue weighted by molar-refractivity contribution is 0.0522. The minimum atomic E-state index is -0.544. The summed E-state index contributed by atoms with van der Waals surface area (Å²) >= 11 is 0. The molecular weight excluding hydrogens is 220 g/mol. The molecule has 3 unspecified atom stereocenters. The van der Waals surface area contributed by atoms with Crippen molar-refractivity contribution in [3.8, 4) is 0 Å². The Morgan fingerprint density at radius 3 is 2.44 bits per heavy atom. The van der Waals surface area contributed by atoms with Gasteiger partial charge in [-0.2, -0.15) is 0 Å². The number of nitrogens with zero attached hydrogens (tertiary/aromatic N) is 1. The van der Waals surface area contributed by atoms with Gasteiger partial charge < -0.3 is 5.73 Å². The Balaban J connectivity index is 1.96. The van der Waals surface area contributed by atoms with Crippen LogP contribution in [0.4, 0.5) is 0 Å². The lowest BCUT2D eigenvalue weighted by atomic mass is 9.86. The largest absolute Gasteiger partial charge is 0.327 e. The number of nitrogens with two attached hydrogens (primary N) is 1. The standard InChI is InChI=1S/C12H24N2OS/c1-9-10(2)14(6-3-12(9)13)11-4-7-16(15)8-5-11/h9-12H,3-8,13H2,1-2H3. The average molecular weight is 244 g/mol. The molecule has 94 valence electrons. The van der Waals surface area contributed by atoms with Gasteiger partial charge >= 0.3 is 0 Å². The summed E-state index contributed by atoms with van der Waals surface area (Å²) in [4.78, 5) is 2.62. The van der Waals surface area contributed by atoms with E-state index in [-0.39, 0.29) is 0 Å². The van der Waals surface area contributed by atoms with Crippen LogP contribution in [0.15, 0.2) is 0 Å². The highest BCUT2D eigenvalue weighted by Gasteiger charge is 2.35. The van der Waals surface area contributed by atoms with Crippen LogP contribution in [0.3, 0.4) is 0 Å². The number of likely N-dealkylation sites (tertiary alicyclic amines) is 1. The van der Waals surface area contributed by atoms with Gasteiger partial charge in [0.2, 0.25) is 0 Å². The van der Waals surface area contributed by atoms with Gasteiger partial charge in [-0.3, -0.25) is 9.11 Å². The molecular formula is C12H24N2OS. The maximum absolute atomic E-state index is 11.4. The van der Waals surface area contributed by atoms with Crippen LogP contribution >= 0.6 is 0 Å². The molecule has 2 fully saturated rings. The molecule has 2 rings (SSSR count). The van der Waals surface area contributed by atoms with Gasteiger partial charge in [-0.25, -0.2) is 0 Å². The molecule has 0 aromatic heterocycles. The highest BCUT2D eigenvalue weighted by atomic mass is 32.2. The van der Waals surface area contributed by atoms with E-state index in [4.69, 9.17) is 5.73 Å². The summed E-state index contributed by atoms with van der Waals surface area (Å²) in [5.74, 6) is 2.38. The van der Waals surface area contributed by atoms with Crippen molar-refractivity contribution in [1.29, 1.82) is 0 Å². The third-order valence-corrected chi connectivity index (χ3v) is 5.89. The summed E-state index contributed by atoms with van der Waals surface area (Å²) in [5.41, 5.74) is 6.11. The van der Waals surface area contributed by atoms with E-state index in [9.17, 15) is 4.21 Å². The molecule has 0 bridgehead atoms. The van der Waals surface area contributed by atoms with E-state index in [1.807, 2.05) is 0 Å². The van der Waals surface area contributed by atoms with E-state index in [2.05, 4.69) is 18.7 Å². The number of hydrogen-bond acceptors (Lipinski definition) is 3. The first-order valence-electron chi connectivity index (χ1n) is 6.46. The molecule has 0 aromatic carbocycles. The van der Waals surface area contributed by atoms with Gasteiger partial charge in [0.15, 0.2) is 0 Å². The second-order valence-corrected chi connectivity index (χ2v) is 7.07. The van der Waals surface area contributed by atoms with Gasteiger partial charge in [0.25, 0.3) is 0 Å². The van der Waals surface area contributed by atoms with Crippen molar-refractivity contribution >= 4 is 10.8 Å². The maximum Gasteiger partial charge on any atom is 0.0249 e. The van der Waals surface area contributed by atoms with Gasteiger partial charge in [-0.15, -0.1) is 0 Å². The first-order valence-corrected chi connectivity index (χ1v) is 7.94. The fourth-order valence-electron chi connectivity index (χ4n) is 3.05. The van der Waals surface area contributed by atoms with Crippen LogP contribution in [0, 0.1) is 5.92 Å². The van der Waals surface area contributed by atoms with Gasteiger partial charge in [0, 0.05) is 47.0 Å². The van der Waals surface area contributed by atoms with Crippen LogP contribution in [0.25, 0.3) is 0 Å². The molecule has 2 aliphatic heterocycles. The van der Waals surface area contributed by atoms with Crippen LogP contribution in [-0.2, 0) is 10.8 Å². The van der Waals surface area contributed by atoms with Gasteiger partial charge in [-0.1, -0.05) is 6.92 Å². The number of hydrogen-bond donors (Lipinski definition) is 1. The third-order valence-electron chi connectivity index (χ3n) is 4.51. The fourth-order valence-corrected chi connectivity index (χ4v) is 4.33. The maximum atomic E-state index is 11.4. The van der Waals surface area contributed by atoms with Crippen molar-refractivity contribution in [2.75, 3.05) is 18.1 Å². The molecule has 0 spiro atoms. The lowest BCUT2D eigenvalue weighted by Gasteiger charge is -2.46. The van der Waals surface area contributed by atoms with Gasteiger partial charge in [0.05, 0.1) is 0 Å². The van der Waals surface area contributed by atoms with E-state index in [0.29, 0.717) is 24.0 Å². The molecule has 2 N–H and O–H groups in total. The number of rotatable bonds is 1. The van der Waals surface area contributed by atoms with Crippen LogP contribution in [0.1, 0.15) is 33.1 Å².